The Morgan fingerprint density at radius 2 is 1.84 bits per heavy atom. The largest absolute Gasteiger partial charge is 0.748 e. The summed E-state index contributed by atoms with van der Waals surface area (Å²) in [6.07, 6.45) is 2.46. The molecule has 0 bridgehead atoms. The highest BCUT2D eigenvalue weighted by atomic mass is 32.2. The van der Waals surface area contributed by atoms with Crippen molar-refractivity contribution in [3.8, 4) is 0 Å². The third-order valence-electron chi connectivity index (χ3n) is 5.40. The molecule has 3 aromatic carbocycles. The molecule has 0 N–H and O–H groups in total. The van der Waals surface area contributed by atoms with Gasteiger partial charge in [-0.3, -0.25) is 0 Å². The van der Waals surface area contributed by atoms with Crippen LogP contribution in [0.1, 0.15) is 11.4 Å². The molecule has 8 heteroatoms. The summed E-state index contributed by atoms with van der Waals surface area (Å²) in [4.78, 5) is 3.25. The van der Waals surface area contributed by atoms with Gasteiger partial charge < -0.3 is 9.45 Å². The van der Waals surface area contributed by atoms with Crippen LogP contribution >= 0.6 is 23.1 Å². The second kappa shape index (κ2) is 7.94. The van der Waals surface area contributed by atoms with Crippen molar-refractivity contribution >= 4 is 66.0 Å². The van der Waals surface area contributed by atoms with E-state index in [1.54, 1.807) is 23.1 Å². The maximum Gasteiger partial charge on any atom is 0.265 e. The number of aromatic nitrogens is 1. The minimum absolute atomic E-state index is 0.293. The molecule has 0 saturated heterocycles. The maximum absolute atomic E-state index is 11.1. The van der Waals surface area contributed by atoms with Crippen LogP contribution in [-0.4, -0.2) is 25.3 Å². The number of thiazole rings is 1. The van der Waals surface area contributed by atoms with Crippen LogP contribution in [0.3, 0.4) is 0 Å². The lowest BCUT2D eigenvalue weighted by atomic mass is 10.1. The van der Waals surface area contributed by atoms with Gasteiger partial charge in [-0.05, 0) is 36.1 Å². The minimum Gasteiger partial charge on any atom is -0.748 e. The van der Waals surface area contributed by atoms with Gasteiger partial charge >= 0.3 is 0 Å². The third kappa shape index (κ3) is 3.96. The van der Waals surface area contributed by atoms with Gasteiger partial charge in [0, 0.05) is 17.2 Å². The Labute approximate surface area is 189 Å². The third-order valence-corrected chi connectivity index (χ3v) is 8.46. The lowest BCUT2D eigenvalue weighted by Crippen LogP contribution is -2.30. The molecule has 0 atom stereocenters. The second-order valence-electron chi connectivity index (χ2n) is 7.45. The zero-order chi connectivity index (χ0) is 21.6. The zero-order valence-corrected chi connectivity index (χ0v) is 19.3. The Morgan fingerprint density at radius 3 is 2.68 bits per heavy atom. The van der Waals surface area contributed by atoms with E-state index in [1.807, 2.05) is 18.2 Å². The normalized spacial score (nSPS) is 15.3. The van der Waals surface area contributed by atoms with Crippen molar-refractivity contribution in [3.05, 3.63) is 70.7 Å². The fourth-order valence-corrected chi connectivity index (χ4v) is 6.76. The Bertz CT molecular complexity index is 1440. The summed E-state index contributed by atoms with van der Waals surface area (Å²) in [6, 6.07) is 20.8. The molecule has 158 valence electrons. The van der Waals surface area contributed by atoms with E-state index >= 15 is 0 Å². The van der Waals surface area contributed by atoms with Crippen LogP contribution in [0, 0.1) is 0 Å². The lowest BCUT2D eigenvalue weighted by molar-refractivity contribution is -0.641. The standard InChI is InChI=1S/C23H20N2O3S3/c1-24-21(30-20-12-11-16-7-2-3-8-17(16)23(20)24)15-22-25(13-6-14-31(26,27)28)18-9-4-5-10-19(18)29-22/h2-5,7-12,15H,6,13-14H2,1H3. The quantitative estimate of drug-likeness (QED) is 0.313. The van der Waals surface area contributed by atoms with E-state index in [-0.39, 0.29) is 5.75 Å². The van der Waals surface area contributed by atoms with E-state index in [9.17, 15) is 13.0 Å². The van der Waals surface area contributed by atoms with Crippen LogP contribution in [0.2, 0.25) is 0 Å². The Hall–Kier alpha value is -2.39. The first-order valence-corrected chi connectivity index (χ1v) is 13.1. The molecule has 0 aliphatic carbocycles. The van der Waals surface area contributed by atoms with Crippen molar-refractivity contribution in [1.29, 1.82) is 0 Å². The highest BCUT2D eigenvalue weighted by molar-refractivity contribution is 8.03. The van der Waals surface area contributed by atoms with Crippen molar-refractivity contribution in [3.63, 3.8) is 0 Å². The molecular formula is C23H20N2O3S3. The average molecular weight is 469 g/mol. The molecule has 1 aliphatic heterocycles. The number of rotatable bonds is 5. The number of anilines is 1. The summed E-state index contributed by atoms with van der Waals surface area (Å²) in [5.74, 6) is -0.355. The van der Waals surface area contributed by atoms with E-state index in [4.69, 9.17) is 0 Å². The molecular weight excluding hydrogens is 448 g/mol. The topological polar surface area (TPSA) is 64.3 Å². The van der Waals surface area contributed by atoms with Crippen molar-refractivity contribution in [1.82, 2.24) is 0 Å². The van der Waals surface area contributed by atoms with E-state index in [2.05, 4.69) is 65.1 Å². The molecule has 5 rings (SSSR count). The maximum atomic E-state index is 11.1. The van der Waals surface area contributed by atoms with E-state index in [1.165, 1.54) is 21.0 Å². The first-order chi connectivity index (χ1) is 14.9. The Kier molecular flexibility index (Phi) is 5.26. The SMILES string of the molecule is C[n+]1c(C=C2Sc3ccccc3N2CCCS(=O)(=O)[O-])sc2ccc3ccccc3c21. The van der Waals surface area contributed by atoms with Gasteiger partial charge in [-0.25, -0.2) is 8.42 Å². The van der Waals surface area contributed by atoms with Crippen molar-refractivity contribution in [2.45, 2.75) is 11.3 Å². The summed E-state index contributed by atoms with van der Waals surface area (Å²) in [5, 5.41) is 4.59. The van der Waals surface area contributed by atoms with E-state index in [0.717, 1.165) is 20.6 Å². The summed E-state index contributed by atoms with van der Waals surface area (Å²) in [6.45, 7) is 0.481. The predicted octanol–water partition coefficient (Wildman–Crippen LogP) is 4.73. The Balaban J connectivity index is 1.56. The fraction of sp³-hybridized carbons (Fsp3) is 0.174. The molecule has 0 unspecified atom stereocenters. The van der Waals surface area contributed by atoms with Gasteiger partial charge in [0.1, 0.15) is 11.7 Å². The van der Waals surface area contributed by atoms with Crippen LogP contribution in [0.4, 0.5) is 5.69 Å². The highest BCUT2D eigenvalue weighted by Gasteiger charge is 2.27. The van der Waals surface area contributed by atoms with Gasteiger partial charge in [0.05, 0.1) is 32.3 Å². The van der Waals surface area contributed by atoms with Gasteiger partial charge in [-0.15, -0.1) is 0 Å². The minimum atomic E-state index is -4.22. The van der Waals surface area contributed by atoms with Crippen LogP contribution < -0.4 is 9.47 Å². The van der Waals surface area contributed by atoms with E-state index in [0.29, 0.717) is 13.0 Å². The molecule has 1 aromatic heterocycles. The molecule has 0 spiro atoms. The van der Waals surface area contributed by atoms with Gasteiger partial charge in [0.15, 0.2) is 0 Å². The number of hydrogen-bond donors (Lipinski definition) is 0. The molecule has 0 radical (unpaired) electrons. The highest BCUT2D eigenvalue weighted by Crippen LogP contribution is 2.46. The monoisotopic (exact) mass is 468 g/mol. The molecule has 5 nitrogen and oxygen atoms in total. The smallest absolute Gasteiger partial charge is 0.265 e. The summed E-state index contributed by atoms with van der Waals surface area (Å²) in [5.41, 5.74) is 2.26. The van der Waals surface area contributed by atoms with Crippen LogP contribution in [0.25, 0.3) is 27.1 Å². The molecule has 2 heterocycles. The van der Waals surface area contributed by atoms with Crippen molar-refractivity contribution in [2.75, 3.05) is 17.2 Å². The van der Waals surface area contributed by atoms with Gasteiger partial charge in [-0.2, -0.15) is 4.57 Å². The van der Waals surface area contributed by atoms with E-state index < -0.39 is 10.1 Å². The first-order valence-electron chi connectivity index (χ1n) is 9.91. The summed E-state index contributed by atoms with van der Waals surface area (Å²) in [7, 11) is -2.14. The average Bonchev–Trinajstić information content (AvgIpc) is 3.25. The number of thioether (sulfide) groups is 1. The molecule has 31 heavy (non-hydrogen) atoms. The van der Waals surface area contributed by atoms with Gasteiger partial charge in [-0.1, -0.05) is 59.5 Å². The van der Waals surface area contributed by atoms with Crippen molar-refractivity contribution in [2.24, 2.45) is 7.05 Å². The van der Waals surface area contributed by atoms with Crippen LogP contribution in [0.5, 0.6) is 0 Å². The summed E-state index contributed by atoms with van der Waals surface area (Å²) < 4.78 is 36.7. The lowest BCUT2D eigenvalue weighted by Gasteiger charge is -2.20. The van der Waals surface area contributed by atoms with Crippen LogP contribution in [-0.2, 0) is 17.2 Å². The Morgan fingerprint density at radius 1 is 1.06 bits per heavy atom. The number of benzene rings is 3. The number of nitrogens with zero attached hydrogens (tertiary/aromatic N) is 2. The predicted molar refractivity (Wildman–Crippen MR) is 127 cm³/mol. The molecule has 0 amide bonds. The fourth-order valence-electron chi connectivity index (χ4n) is 3.98. The number of fused-ring (bicyclic) bond motifs is 4. The number of para-hydroxylation sites is 1. The molecule has 4 aromatic rings. The second-order valence-corrected chi connectivity index (χ2v) is 11.1. The molecule has 0 fully saturated rings. The summed E-state index contributed by atoms with van der Waals surface area (Å²) >= 11 is 3.41. The first kappa shape index (κ1) is 20.5. The zero-order valence-electron chi connectivity index (χ0n) is 16.8. The van der Waals surface area contributed by atoms with Gasteiger partial charge in [0.2, 0.25) is 5.52 Å². The van der Waals surface area contributed by atoms with Crippen molar-refractivity contribution < 1.29 is 17.5 Å². The molecule has 1 aliphatic rings. The van der Waals surface area contributed by atoms with Gasteiger partial charge in [0.25, 0.3) is 5.01 Å². The number of hydrogen-bond acceptors (Lipinski definition) is 6. The van der Waals surface area contributed by atoms with Crippen LogP contribution in [0.15, 0.2) is 70.6 Å². The number of aryl methyl sites for hydroxylation is 1. The molecule has 0 saturated carbocycles.